The molecular weight excluding hydrogens is 477 g/mol. The number of benzene rings is 1. The van der Waals surface area contributed by atoms with E-state index in [1.165, 1.54) is 19.1 Å². The molecule has 9 nitrogen and oxygen atoms in total. The highest BCUT2D eigenvalue weighted by Crippen LogP contribution is 2.37. The minimum atomic E-state index is -1.31. The first-order valence-corrected chi connectivity index (χ1v) is 12.7. The number of anilines is 2. The first-order chi connectivity index (χ1) is 17.6. The maximum Gasteiger partial charge on any atom is 0.256 e. The van der Waals surface area contributed by atoms with Gasteiger partial charge in [0, 0.05) is 36.6 Å². The molecule has 1 aromatic heterocycles. The zero-order valence-electron chi connectivity index (χ0n) is 21.7. The van der Waals surface area contributed by atoms with Crippen LogP contribution >= 0.6 is 0 Å². The van der Waals surface area contributed by atoms with Gasteiger partial charge in [-0.2, -0.15) is 0 Å². The Hall–Kier alpha value is -3.50. The molecular formula is C27H34FN5O4. The summed E-state index contributed by atoms with van der Waals surface area (Å²) in [4.78, 5) is 45.6. The fourth-order valence-electron chi connectivity index (χ4n) is 4.85. The van der Waals surface area contributed by atoms with Crippen molar-refractivity contribution in [1.29, 1.82) is 0 Å². The van der Waals surface area contributed by atoms with Gasteiger partial charge in [0.05, 0.1) is 22.5 Å². The fraction of sp³-hybridized carbons (Fsp3) is 0.444. The van der Waals surface area contributed by atoms with Crippen molar-refractivity contribution in [3.8, 4) is 0 Å². The summed E-state index contributed by atoms with van der Waals surface area (Å²) in [5.41, 5.74) is 3.71. The van der Waals surface area contributed by atoms with Crippen LogP contribution in [-0.2, 0) is 16.0 Å². The second-order valence-corrected chi connectivity index (χ2v) is 9.49. The molecule has 0 saturated heterocycles. The van der Waals surface area contributed by atoms with Crippen LogP contribution in [0.4, 0.5) is 15.8 Å². The molecule has 0 bridgehead atoms. The van der Waals surface area contributed by atoms with E-state index >= 15 is 0 Å². The lowest BCUT2D eigenvalue weighted by molar-refractivity contribution is -0.123. The van der Waals surface area contributed by atoms with Crippen LogP contribution in [0.2, 0.25) is 0 Å². The molecule has 10 heteroatoms. The first kappa shape index (κ1) is 26.6. The van der Waals surface area contributed by atoms with E-state index in [2.05, 4.69) is 34.4 Å². The van der Waals surface area contributed by atoms with Crippen LogP contribution < -0.4 is 10.6 Å². The molecule has 0 saturated carbocycles. The van der Waals surface area contributed by atoms with Crippen LogP contribution in [0.5, 0.6) is 0 Å². The number of likely N-dealkylation sites (N-methyl/N-ethyl adjacent to an activating group) is 1. The number of H-pyrrole nitrogens is 1. The molecule has 2 aliphatic rings. The van der Waals surface area contributed by atoms with E-state index in [9.17, 15) is 23.9 Å². The Morgan fingerprint density at radius 3 is 2.70 bits per heavy atom. The van der Waals surface area contributed by atoms with E-state index in [0.717, 1.165) is 43.7 Å². The number of fused-ring (bicyclic) bond motifs is 2. The van der Waals surface area contributed by atoms with E-state index in [-0.39, 0.29) is 17.2 Å². The lowest BCUT2D eigenvalue weighted by atomic mass is 10.0. The van der Waals surface area contributed by atoms with E-state index in [0.29, 0.717) is 35.6 Å². The normalized spacial score (nSPS) is 17.1. The topological polar surface area (TPSA) is 118 Å². The molecule has 0 fully saturated rings. The predicted octanol–water partition coefficient (Wildman–Crippen LogP) is 3.00. The largest absolute Gasteiger partial charge is 0.384 e. The Kier molecular flexibility index (Phi) is 7.79. The molecule has 0 radical (unpaired) electrons. The van der Waals surface area contributed by atoms with Crippen molar-refractivity contribution in [2.75, 3.05) is 43.4 Å². The smallest absolute Gasteiger partial charge is 0.256 e. The van der Waals surface area contributed by atoms with Gasteiger partial charge in [-0.3, -0.25) is 14.4 Å². The molecule has 0 aliphatic carbocycles. The quantitative estimate of drug-likeness (QED) is 0.407. The number of carbonyl (C=O) groups is 3. The van der Waals surface area contributed by atoms with Crippen molar-refractivity contribution in [2.45, 2.75) is 46.6 Å². The lowest BCUT2D eigenvalue weighted by Gasteiger charge is -2.25. The van der Waals surface area contributed by atoms with Gasteiger partial charge in [0.2, 0.25) is 0 Å². The molecule has 198 valence electrons. The summed E-state index contributed by atoms with van der Waals surface area (Å²) in [5.74, 6) is -1.91. The van der Waals surface area contributed by atoms with E-state index in [1.807, 2.05) is 11.8 Å². The molecule has 1 atom stereocenters. The van der Waals surface area contributed by atoms with Crippen molar-refractivity contribution < 1.29 is 23.9 Å². The Balaban J connectivity index is 1.63. The third kappa shape index (κ3) is 5.30. The van der Waals surface area contributed by atoms with Gasteiger partial charge in [0.15, 0.2) is 0 Å². The van der Waals surface area contributed by atoms with Crippen LogP contribution in [-0.4, -0.2) is 76.4 Å². The van der Waals surface area contributed by atoms with Crippen molar-refractivity contribution in [1.82, 2.24) is 14.8 Å². The van der Waals surface area contributed by atoms with Crippen LogP contribution in [0.15, 0.2) is 12.1 Å². The van der Waals surface area contributed by atoms with Crippen molar-refractivity contribution in [2.24, 2.45) is 0 Å². The minimum Gasteiger partial charge on any atom is -0.384 e. The average Bonchev–Trinajstić information content (AvgIpc) is 3.27. The number of halogens is 1. The maximum absolute atomic E-state index is 14.8. The van der Waals surface area contributed by atoms with Crippen LogP contribution in [0, 0.1) is 12.7 Å². The number of nitrogens with one attached hydrogen (secondary N) is 3. The summed E-state index contributed by atoms with van der Waals surface area (Å²) in [5, 5.41) is 14.4. The van der Waals surface area contributed by atoms with Crippen LogP contribution in [0.25, 0.3) is 11.6 Å². The molecule has 2 aromatic rings. The molecule has 3 heterocycles. The summed E-state index contributed by atoms with van der Waals surface area (Å²) in [7, 11) is 0. The molecule has 1 unspecified atom stereocenters. The number of carbonyl (C=O) groups excluding carboxylic acids is 3. The zero-order chi connectivity index (χ0) is 26.9. The van der Waals surface area contributed by atoms with Gasteiger partial charge in [-0.05, 0) is 63.6 Å². The molecule has 4 rings (SSSR count). The summed E-state index contributed by atoms with van der Waals surface area (Å²) in [6.45, 7) is 11.4. The minimum absolute atomic E-state index is 0.0149. The van der Waals surface area contributed by atoms with Gasteiger partial charge in [-0.1, -0.05) is 13.8 Å². The number of aromatic nitrogens is 1. The number of aromatic amines is 1. The first-order valence-electron chi connectivity index (χ1n) is 12.7. The summed E-state index contributed by atoms with van der Waals surface area (Å²) in [6.07, 6.45) is 1.89. The number of amides is 3. The monoisotopic (exact) mass is 511 g/mol. The van der Waals surface area contributed by atoms with Crippen LogP contribution in [0.3, 0.4) is 0 Å². The summed E-state index contributed by atoms with van der Waals surface area (Å²) in [6, 6.07) is 2.51. The van der Waals surface area contributed by atoms with Gasteiger partial charge in [-0.25, -0.2) is 4.39 Å². The summed E-state index contributed by atoms with van der Waals surface area (Å²) >= 11 is 0. The number of aliphatic hydroxyl groups excluding tert-OH is 1. The maximum atomic E-state index is 14.8. The highest BCUT2D eigenvalue weighted by atomic mass is 19.1. The van der Waals surface area contributed by atoms with E-state index in [4.69, 9.17) is 0 Å². The molecule has 2 aliphatic heterocycles. The Labute approximate surface area is 215 Å². The molecule has 1 aromatic carbocycles. The molecule has 37 heavy (non-hydrogen) atoms. The van der Waals surface area contributed by atoms with Gasteiger partial charge < -0.3 is 30.5 Å². The Morgan fingerprint density at radius 2 is 2.03 bits per heavy atom. The SMILES string of the molecule is CCN(CC)CCN1CCCc2[nH]c(C=C3C(=O)Nc4cc(NC(=O)C(C)O)c(F)cc43)c(C)c2C1=O. The number of aryl methyl sites for hydroxylation is 1. The Bertz CT molecular complexity index is 1260. The number of aliphatic hydroxyl groups is 1. The van der Waals surface area contributed by atoms with Gasteiger partial charge in [0.25, 0.3) is 17.7 Å². The highest BCUT2D eigenvalue weighted by Gasteiger charge is 2.30. The van der Waals surface area contributed by atoms with E-state index in [1.54, 1.807) is 6.08 Å². The predicted molar refractivity (Wildman–Crippen MR) is 141 cm³/mol. The number of hydrogen-bond acceptors (Lipinski definition) is 5. The number of rotatable bonds is 8. The fourth-order valence-corrected chi connectivity index (χ4v) is 4.85. The third-order valence-corrected chi connectivity index (χ3v) is 7.12. The Morgan fingerprint density at radius 1 is 1.30 bits per heavy atom. The molecule has 0 spiro atoms. The van der Waals surface area contributed by atoms with Crippen molar-refractivity contribution >= 4 is 40.7 Å². The average molecular weight is 512 g/mol. The molecule has 4 N–H and O–H groups in total. The standard InChI is InChI=1S/C27H34FN5O4/c1-5-32(6-2)10-11-33-9-7-8-20-24(27(33)37)15(3)21(29-20)13-18-17-12-19(28)23(31-25(35)16(4)34)14-22(17)30-26(18)36/h12-14,16,29,34H,5-11H2,1-4H3,(H,30,36)(H,31,35). The van der Waals surface area contributed by atoms with Crippen LogP contribution in [0.1, 0.15) is 60.1 Å². The number of hydrogen-bond donors (Lipinski definition) is 4. The van der Waals surface area contributed by atoms with E-state index < -0.39 is 23.7 Å². The van der Waals surface area contributed by atoms with Gasteiger partial charge in [-0.15, -0.1) is 0 Å². The number of nitrogens with zero attached hydrogens (tertiary/aromatic N) is 2. The zero-order valence-corrected chi connectivity index (χ0v) is 21.7. The molecule has 3 amide bonds. The van der Waals surface area contributed by atoms with Gasteiger partial charge in [0.1, 0.15) is 11.9 Å². The van der Waals surface area contributed by atoms with Crippen molar-refractivity contribution in [3.05, 3.63) is 46.0 Å². The second kappa shape index (κ2) is 10.9. The second-order valence-electron chi connectivity index (χ2n) is 9.49. The lowest BCUT2D eigenvalue weighted by Crippen LogP contribution is -2.38. The van der Waals surface area contributed by atoms with Gasteiger partial charge >= 0.3 is 0 Å². The third-order valence-electron chi connectivity index (χ3n) is 7.12. The van der Waals surface area contributed by atoms with Crippen molar-refractivity contribution in [3.63, 3.8) is 0 Å². The summed E-state index contributed by atoms with van der Waals surface area (Å²) < 4.78 is 14.8. The highest BCUT2D eigenvalue weighted by molar-refractivity contribution is 6.35.